The maximum absolute atomic E-state index is 5.98. The summed E-state index contributed by atoms with van der Waals surface area (Å²) in [6, 6.07) is 8.05. The molecule has 0 saturated carbocycles. The van der Waals surface area contributed by atoms with Gasteiger partial charge in [-0.3, -0.25) is 0 Å². The van der Waals surface area contributed by atoms with Crippen molar-refractivity contribution >= 4 is 0 Å². The largest absolute Gasteiger partial charge is 0.488 e. The Balaban J connectivity index is 2.35. The fourth-order valence-electron chi connectivity index (χ4n) is 1.64. The Bertz CT molecular complexity index is 285. The molecule has 1 aliphatic rings. The lowest BCUT2D eigenvalue weighted by atomic mass is 10.0. The maximum atomic E-state index is 5.98. The summed E-state index contributed by atoms with van der Waals surface area (Å²) in [7, 11) is 0. The summed E-state index contributed by atoms with van der Waals surface area (Å²) in [6.45, 7) is 2.09. The number of benzene rings is 1. The van der Waals surface area contributed by atoms with Gasteiger partial charge in [-0.15, -0.1) is 0 Å². The molecule has 0 aromatic heterocycles. The fourth-order valence-corrected chi connectivity index (χ4v) is 1.64. The molecule has 0 fully saturated rings. The molecule has 2 nitrogen and oxygen atoms in total. The van der Waals surface area contributed by atoms with E-state index in [0.717, 1.165) is 17.7 Å². The minimum Gasteiger partial charge on any atom is -0.488 e. The molecule has 1 heterocycles. The van der Waals surface area contributed by atoms with Gasteiger partial charge in [-0.05, 0) is 12.5 Å². The van der Waals surface area contributed by atoms with Crippen molar-refractivity contribution in [2.24, 2.45) is 5.73 Å². The van der Waals surface area contributed by atoms with Crippen LogP contribution in [0, 0.1) is 0 Å². The van der Waals surface area contributed by atoms with Crippen molar-refractivity contribution in [3.05, 3.63) is 29.8 Å². The third-order valence-electron chi connectivity index (χ3n) is 2.36. The number of rotatable bonds is 1. The molecule has 0 spiro atoms. The zero-order chi connectivity index (χ0) is 8.55. The molecule has 0 saturated heterocycles. The first kappa shape index (κ1) is 7.62. The highest BCUT2D eigenvalue weighted by Crippen LogP contribution is 2.35. The van der Waals surface area contributed by atoms with Crippen molar-refractivity contribution in [3.63, 3.8) is 0 Å². The van der Waals surface area contributed by atoms with Crippen LogP contribution in [-0.2, 0) is 0 Å². The van der Waals surface area contributed by atoms with E-state index in [1.807, 2.05) is 24.3 Å². The monoisotopic (exact) mass is 163 g/mol. The Kier molecular flexibility index (Phi) is 1.77. The van der Waals surface area contributed by atoms with Crippen LogP contribution in [-0.4, -0.2) is 6.10 Å². The number of hydrogen-bond acceptors (Lipinski definition) is 2. The fraction of sp³-hybridized carbons (Fsp3) is 0.400. The van der Waals surface area contributed by atoms with Crippen LogP contribution < -0.4 is 10.5 Å². The van der Waals surface area contributed by atoms with Crippen molar-refractivity contribution in [1.82, 2.24) is 0 Å². The molecule has 2 atom stereocenters. The van der Waals surface area contributed by atoms with Gasteiger partial charge in [0.25, 0.3) is 0 Å². The van der Waals surface area contributed by atoms with Crippen LogP contribution in [0.5, 0.6) is 5.75 Å². The van der Waals surface area contributed by atoms with Crippen LogP contribution >= 0.6 is 0 Å². The first-order chi connectivity index (χ1) is 5.83. The van der Waals surface area contributed by atoms with Crippen molar-refractivity contribution < 1.29 is 4.74 Å². The lowest BCUT2D eigenvalue weighted by Gasteiger charge is -2.11. The van der Waals surface area contributed by atoms with Gasteiger partial charge < -0.3 is 10.5 Å². The highest BCUT2D eigenvalue weighted by Gasteiger charge is 2.29. The second kappa shape index (κ2) is 2.79. The van der Waals surface area contributed by atoms with Gasteiger partial charge in [-0.1, -0.05) is 25.1 Å². The normalized spacial score (nSPS) is 26.5. The van der Waals surface area contributed by atoms with Crippen molar-refractivity contribution in [1.29, 1.82) is 0 Å². The van der Waals surface area contributed by atoms with Gasteiger partial charge in [0.05, 0.1) is 6.04 Å². The first-order valence-corrected chi connectivity index (χ1v) is 4.34. The van der Waals surface area contributed by atoms with E-state index in [1.165, 1.54) is 0 Å². The standard InChI is InChI=1S/C10H13NO/c1-2-8-10(11)7-5-3-4-6-9(7)12-8/h3-6,8,10H,2,11H2,1H3. The number of ether oxygens (including phenoxy) is 1. The summed E-state index contributed by atoms with van der Waals surface area (Å²) in [5, 5.41) is 0. The summed E-state index contributed by atoms with van der Waals surface area (Å²) < 4.78 is 5.64. The molecule has 2 rings (SSSR count). The van der Waals surface area contributed by atoms with Gasteiger partial charge in [-0.25, -0.2) is 0 Å². The van der Waals surface area contributed by atoms with E-state index in [9.17, 15) is 0 Å². The molecule has 64 valence electrons. The summed E-state index contributed by atoms with van der Waals surface area (Å²) in [5.74, 6) is 0.955. The average molecular weight is 163 g/mol. The van der Waals surface area contributed by atoms with Gasteiger partial charge in [0.15, 0.2) is 0 Å². The van der Waals surface area contributed by atoms with Crippen LogP contribution in [0.4, 0.5) is 0 Å². The van der Waals surface area contributed by atoms with E-state index in [4.69, 9.17) is 10.5 Å². The van der Waals surface area contributed by atoms with Gasteiger partial charge >= 0.3 is 0 Å². The first-order valence-electron chi connectivity index (χ1n) is 4.34. The topological polar surface area (TPSA) is 35.2 Å². The molecular weight excluding hydrogens is 150 g/mol. The zero-order valence-corrected chi connectivity index (χ0v) is 7.16. The Hall–Kier alpha value is -1.02. The molecule has 1 aromatic carbocycles. The minimum absolute atomic E-state index is 0.0613. The third-order valence-corrected chi connectivity index (χ3v) is 2.36. The van der Waals surface area contributed by atoms with E-state index in [1.54, 1.807) is 0 Å². The lowest BCUT2D eigenvalue weighted by Crippen LogP contribution is -2.24. The van der Waals surface area contributed by atoms with Crippen LogP contribution in [0.15, 0.2) is 24.3 Å². The number of para-hydroxylation sites is 1. The zero-order valence-electron chi connectivity index (χ0n) is 7.16. The summed E-state index contributed by atoms with van der Waals surface area (Å²) >= 11 is 0. The molecule has 1 aromatic rings. The quantitative estimate of drug-likeness (QED) is 0.685. The van der Waals surface area contributed by atoms with Crippen LogP contribution in [0.25, 0.3) is 0 Å². The van der Waals surface area contributed by atoms with E-state index in [2.05, 4.69) is 6.92 Å². The highest BCUT2D eigenvalue weighted by molar-refractivity contribution is 5.40. The molecule has 2 heteroatoms. The van der Waals surface area contributed by atoms with Gasteiger partial charge in [-0.2, -0.15) is 0 Å². The molecule has 1 aliphatic heterocycles. The van der Waals surface area contributed by atoms with Gasteiger partial charge in [0.2, 0.25) is 0 Å². The molecule has 0 aliphatic carbocycles. The minimum atomic E-state index is 0.0613. The Labute approximate surface area is 72.3 Å². The average Bonchev–Trinajstić information content (AvgIpc) is 2.44. The van der Waals surface area contributed by atoms with Crippen molar-refractivity contribution in [2.45, 2.75) is 25.5 Å². The van der Waals surface area contributed by atoms with E-state index >= 15 is 0 Å². The molecule has 2 N–H and O–H groups in total. The van der Waals surface area contributed by atoms with E-state index < -0.39 is 0 Å². The second-order valence-corrected chi connectivity index (χ2v) is 3.13. The number of nitrogens with two attached hydrogens (primary N) is 1. The van der Waals surface area contributed by atoms with Crippen molar-refractivity contribution in [2.75, 3.05) is 0 Å². The second-order valence-electron chi connectivity index (χ2n) is 3.13. The lowest BCUT2D eigenvalue weighted by molar-refractivity contribution is 0.202. The van der Waals surface area contributed by atoms with Crippen LogP contribution in [0.3, 0.4) is 0 Å². The molecule has 0 bridgehead atoms. The Morgan fingerprint density at radius 1 is 1.42 bits per heavy atom. The molecular formula is C10H13NO. The number of fused-ring (bicyclic) bond motifs is 1. The van der Waals surface area contributed by atoms with Crippen LogP contribution in [0.1, 0.15) is 24.9 Å². The highest BCUT2D eigenvalue weighted by atomic mass is 16.5. The maximum Gasteiger partial charge on any atom is 0.124 e. The predicted molar refractivity (Wildman–Crippen MR) is 48.1 cm³/mol. The Morgan fingerprint density at radius 3 is 2.83 bits per heavy atom. The molecule has 2 unspecified atom stereocenters. The summed E-state index contributed by atoms with van der Waals surface area (Å²) in [4.78, 5) is 0. The van der Waals surface area contributed by atoms with Crippen molar-refractivity contribution in [3.8, 4) is 5.75 Å². The van der Waals surface area contributed by atoms with Crippen LogP contribution in [0.2, 0.25) is 0 Å². The Morgan fingerprint density at radius 2 is 2.17 bits per heavy atom. The molecule has 12 heavy (non-hydrogen) atoms. The van der Waals surface area contributed by atoms with Gasteiger partial charge in [0, 0.05) is 5.56 Å². The molecule has 0 radical (unpaired) electrons. The summed E-state index contributed by atoms with van der Waals surface area (Å²) in [6.07, 6.45) is 1.14. The smallest absolute Gasteiger partial charge is 0.124 e. The third kappa shape index (κ3) is 0.994. The van der Waals surface area contributed by atoms with Gasteiger partial charge in [0.1, 0.15) is 11.9 Å². The molecule has 0 amide bonds. The number of hydrogen-bond donors (Lipinski definition) is 1. The summed E-state index contributed by atoms with van der Waals surface area (Å²) in [5.41, 5.74) is 7.12. The van der Waals surface area contributed by atoms with E-state index in [0.29, 0.717) is 0 Å². The van der Waals surface area contributed by atoms with E-state index in [-0.39, 0.29) is 12.1 Å². The SMILES string of the molecule is CCC1Oc2ccccc2C1N. The predicted octanol–water partition coefficient (Wildman–Crippen LogP) is 1.86.